The lowest BCUT2D eigenvalue weighted by molar-refractivity contribution is -0.145. The van der Waals surface area contributed by atoms with E-state index in [9.17, 15) is 4.79 Å². The molecule has 1 unspecified atom stereocenters. The number of nitrogen functional groups attached to an aromatic ring is 1. The van der Waals surface area contributed by atoms with E-state index in [0.29, 0.717) is 18.9 Å². The van der Waals surface area contributed by atoms with Gasteiger partial charge in [0.15, 0.2) is 0 Å². The van der Waals surface area contributed by atoms with E-state index in [1.54, 1.807) is 11.3 Å². The zero-order valence-corrected chi connectivity index (χ0v) is 19.5. The van der Waals surface area contributed by atoms with E-state index in [-0.39, 0.29) is 18.0 Å². The van der Waals surface area contributed by atoms with Crippen molar-refractivity contribution in [2.75, 3.05) is 12.3 Å². The van der Waals surface area contributed by atoms with Crippen LogP contribution in [0.2, 0.25) is 5.02 Å². The highest BCUT2D eigenvalue weighted by Gasteiger charge is 2.36. The third kappa shape index (κ3) is 3.81. The molecule has 1 fully saturated rings. The molecular weight excluding hydrogens is 442 g/mol. The summed E-state index contributed by atoms with van der Waals surface area (Å²) in [5.74, 6) is 0.615. The summed E-state index contributed by atoms with van der Waals surface area (Å²) in [7, 11) is 0. The van der Waals surface area contributed by atoms with Gasteiger partial charge in [0, 0.05) is 40.8 Å². The van der Waals surface area contributed by atoms with Crippen LogP contribution in [0.15, 0.2) is 48.1 Å². The topological polar surface area (TPSA) is 75.3 Å². The van der Waals surface area contributed by atoms with Gasteiger partial charge < -0.3 is 10.6 Å². The lowest BCUT2D eigenvalue weighted by Crippen LogP contribution is -2.59. The minimum absolute atomic E-state index is 0.146. The molecule has 32 heavy (non-hydrogen) atoms. The molecule has 0 bridgehead atoms. The van der Waals surface area contributed by atoms with Crippen LogP contribution >= 0.6 is 22.9 Å². The fraction of sp³-hybridized carbons (Fsp3) is 0.292. The smallest absolute Gasteiger partial charge is 0.240 e. The van der Waals surface area contributed by atoms with Crippen molar-refractivity contribution in [1.82, 2.24) is 19.8 Å². The molecule has 1 saturated heterocycles. The first-order valence-corrected chi connectivity index (χ1v) is 11.9. The van der Waals surface area contributed by atoms with Crippen LogP contribution in [0, 0.1) is 0 Å². The number of nitrogens with two attached hydrogens (primary N) is 1. The fourth-order valence-electron chi connectivity index (χ4n) is 4.56. The third-order valence-corrected chi connectivity index (χ3v) is 7.52. The molecule has 1 aliphatic heterocycles. The number of hydrogen-bond acceptors (Lipinski definition) is 6. The average molecular weight is 466 g/mol. The number of anilines is 1. The zero-order valence-electron chi connectivity index (χ0n) is 18.0. The number of halogens is 1. The van der Waals surface area contributed by atoms with Gasteiger partial charge >= 0.3 is 0 Å². The lowest BCUT2D eigenvalue weighted by atomic mass is 10.0. The van der Waals surface area contributed by atoms with Gasteiger partial charge in [-0.3, -0.25) is 9.69 Å². The number of benzene rings is 2. The zero-order chi connectivity index (χ0) is 22.4. The third-order valence-electron chi connectivity index (χ3n) is 6.29. The molecule has 5 rings (SSSR count). The highest BCUT2D eigenvalue weighted by molar-refractivity contribution is 7.17. The van der Waals surface area contributed by atoms with Gasteiger partial charge in [-0.2, -0.15) is 0 Å². The first kappa shape index (κ1) is 21.1. The van der Waals surface area contributed by atoms with Crippen LogP contribution in [0.1, 0.15) is 25.0 Å². The normalized spacial score (nSPS) is 19.8. The van der Waals surface area contributed by atoms with Crippen molar-refractivity contribution in [2.45, 2.75) is 39.0 Å². The number of carbonyl (C=O) groups is 1. The largest absolute Gasteiger partial charge is 0.383 e. The molecule has 0 spiro atoms. The van der Waals surface area contributed by atoms with Crippen LogP contribution in [-0.4, -0.2) is 44.3 Å². The number of thiophene rings is 1. The molecule has 164 valence electrons. The Bertz CT molecular complexity index is 1320. The number of hydrogen-bond donors (Lipinski definition) is 1. The first-order valence-electron chi connectivity index (χ1n) is 10.6. The quantitative estimate of drug-likeness (QED) is 0.472. The van der Waals surface area contributed by atoms with Crippen molar-refractivity contribution < 1.29 is 4.79 Å². The summed E-state index contributed by atoms with van der Waals surface area (Å²) >= 11 is 7.84. The molecular formula is C24H24ClN5OS. The predicted octanol–water partition coefficient (Wildman–Crippen LogP) is 4.70. The van der Waals surface area contributed by atoms with E-state index in [2.05, 4.69) is 33.2 Å². The summed E-state index contributed by atoms with van der Waals surface area (Å²) in [6, 6.07) is 12.0. The van der Waals surface area contributed by atoms with Crippen molar-refractivity contribution in [2.24, 2.45) is 0 Å². The molecule has 2 atom stereocenters. The van der Waals surface area contributed by atoms with Gasteiger partial charge in [-0.1, -0.05) is 23.7 Å². The van der Waals surface area contributed by atoms with Gasteiger partial charge in [0.2, 0.25) is 5.91 Å². The van der Waals surface area contributed by atoms with Gasteiger partial charge in [0.1, 0.15) is 12.1 Å². The van der Waals surface area contributed by atoms with E-state index in [4.69, 9.17) is 17.3 Å². The maximum absolute atomic E-state index is 13.3. The first-order chi connectivity index (χ1) is 15.4. The van der Waals surface area contributed by atoms with Crippen molar-refractivity contribution >= 4 is 55.7 Å². The number of aromatic nitrogens is 2. The molecule has 2 N–H and O–H groups in total. The van der Waals surface area contributed by atoms with Crippen LogP contribution in [0.25, 0.3) is 21.0 Å². The monoisotopic (exact) mass is 465 g/mol. The fourth-order valence-corrected chi connectivity index (χ4v) is 5.78. The highest BCUT2D eigenvalue weighted by atomic mass is 35.5. The van der Waals surface area contributed by atoms with Gasteiger partial charge in [0.05, 0.1) is 11.6 Å². The van der Waals surface area contributed by atoms with Gasteiger partial charge in [-0.05, 0) is 60.0 Å². The van der Waals surface area contributed by atoms with Crippen LogP contribution in [0.5, 0.6) is 0 Å². The van der Waals surface area contributed by atoms with Crippen molar-refractivity contribution in [3.05, 3.63) is 64.3 Å². The standard InChI is InChI=1S/C24H24ClN5OS/c1-14-9-29(10-16-3-5-20-21(7-16)27-13-28-23(20)26)24(31)15(2)30(14)11-17-12-32-22-8-18(25)4-6-19(17)22/h3-8,12-15H,9-11H2,1-2H3,(H2,26,27,28)/t14?,15-/m0/s1. The average Bonchev–Trinajstić information content (AvgIpc) is 3.16. The Labute approximate surface area is 195 Å². The summed E-state index contributed by atoms with van der Waals surface area (Å²) in [6.07, 6.45) is 1.47. The minimum Gasteiger partial charge on any atom is -0.383 e. The Morgan fingerprint density at radius 1 is 1.12 bits per heavy atom. The SMILES string of the molecule is CC1CN(Cc2ccc3c(N)ncnc3c2)C(=O)[C@H](C)N1Cc1csc2cc(Cl)ccc12. The van der Waals surface area contributed by atoms with E-state index in [1.165, 1.54) is 22.0 Å². The van der Waals surface area contributed by atoms with Crippen LogP contribution in [0.3, 0.4) is 0 Å². The van der Waals surface area contributed by atoms with E-state index in [1.807, 2.05) is 42.2 Å². The molecule has 0 aliphatic carbocycles. The second-order valence-corrected chi connectivity index (χ2v) is 9.78. The van der Waals surface area contributed by atoms with Gasteiger partial charge in [-0.15, -0.1) is 11.3 Å². The molecule has 4 aromatic rings. The summed E-state index contributed by atoms with van der Waals surface area (Å²) in [5.41, 5.74) is 9.02. The van der Waals surface area contributed by atoms with Gasteiger partial charge in [-0.25, -0.2) is 9.97 Å². The molecule has 1 aliphatic rings. The number of nitrogens with zero attached hydrogens (tertiary/aromatic N) is 4. The van der Waals surface area contributed by atoms with Crippen LogP contribution in [-0.2, 0) is 17.9 Å². The van der Waals surface area contributed by atoms with Crippen molar-refractivity contribution in [1.29, 1.82) is 0 Å². The second kappa shape index (κ2) is 8.31. The Morgan fingerprint density at radius 3 is 2.78 bits per heavy atom. The summed E-state index contributed by atoms with van der Waals surface area (Å²) in [5, 5.41) is 4.98. The number of amides is 1. The summed E-state index contributed by atoms with van der Waals surface area (Å²) in [4.78, 5) is 25.9. The van der Waals surface area contributed by atoms with E-state index >= 15 is 0 Å². The molecule has 3 heterocycles. The molecule has 2 aromatic carbocycles. The molecule has 2 aromatic heterocycles. The number of piperazine rings is 1. The molecule has 8 heteroatoms. The summed E-state index contributed by atoms with van der Waals surface area (Å²) < 4.78 is 1.18. The molecule has 1 amide bonds. The summed E-state index contributed by atoms with van der Waals surface area (Å²) in [6.45, 7) is 6.18. The van der Waals surface area contributed by atoms with Crippen molar-refractivity contribution in [3.63, 3.8) is 0 Å². The van der Waals surface area contributed by atoms with Gasteiger partial charge in [0.25, 0.3) is 0 Å². The van der Waals surface area contributed by atoms with E-state index < -0.39 is 0 Å². The van der Waals surface area contributed by atoms with Crippen LogP contribution < -0.4 is 5.73 Å². The Hall–Kier alpha value is -2.74. The molecule has 6 nitrogen and oxygen atoms in total. The second-order valence-electron chi connectivity index (χ2n) is 8.43. The van der Waals surface area contributed by atoms with Crippen molar-refractivity contribution in [3.8, 4) is 0 Å². The lowest BCUT2D eigenvalue weighted by Gasteiger charge is -2.43. The Kier molecular flexibility index (Phi) is 5.49. The molecule has 0 radical (unpaired) electrons. The maximum Gasteiger partial charge on any atom is 0.240 e. The van der Waals surface area contributed by atoms with Crippen LogP contribution in [0.4, 0.5) is 5.82 Å². The predicted molar refractivity (Wildman–Crippen MR) is 131 cm³/mol. The Morgan fingerprint density at radius 2 is 1.94 bits per heavy atom. The molecule has 0 saturated carbocycles. The maximum atomic E-state index is 13.3. The minimum atomic E-state index is -0.195. The number of fused-ring (bicyclic) bond motifs is 2. The highest BCUT2D eigenvalue weighted by Crippen LogP contribution is 2.31. The number of rotatable bonds is 4. The number of carbonyl (C=O) groups excluding carboxylic acids is 1. The van der Waals surface area contributed by atoms with E-state index in [0.717, 1.165) is 28.0 Å². The Balaban J connectivity index is 1.34.